The summed E-state index contributed by atoms with van der Waals surface area (Å²) in [6.45, 7) is 8.76. The van der Waals surface area contributed by atoms with E-state index in [9.17, 15) is 39.6 Å². The Labute approximate surface area is 328 Å². The van der Waals surface area contributed by atoms with Crippen molar-refractivity contribution in [2.45, 2.75) is 233 Å². The van der Waals surface area contributed by atoms with Crippen LogP contribution in [0.3, 0.4) is 0 Å². The third-order valence-electron chi connectivity index (χ3n) is 7.94. The van der Waals surface area contributed by atoms with Gasteiger partial charge in [-0.05, 0) is 51.4 Å². The van der Waals surface area contributed by atoms with Gasteiger partial charge in [-0.25, -0.2) is 0 Å². The fourth-order valence-electron chi connectivity index (χ4n) is 4.91. The normalized spacial score (nSPS) is 9.68. The van der Waals surface area contributed by atoms with Crippen LogP contribution < -0.4 is 20.4 Å². The number of rotatable bonds is 32. The van der Waals surface area contributed by atoms with E-state index in [2.05, 4.69) is 27.7 Å². The van der Waals surface area contributed by atoms with Crippen molar-refractivity contribution in [2.75, 3.05) is 0 Å². The van der Waals surface area contributed by atoms with E-state index in [1.165, 1.54) is 128 Å². The van der Waals surface area contributed by atoms with E-state index >= 15 is 0 Å². The van der Waals surface area contributed by atoms with Gasteiger partial charge in [-0.2, -0.15) is 0 Å². The van der Waals surface area contributed by atoms with E-state index in [0.717, 1.165) is 51.4 Å². The molecule has 0 atom stereocenters. The molecule has 0 radical (unpaired) electrons. The molecule has 0 aliphatic heterocycles. The molecular weight excluding hydrogens is 726 g/mol. The van der Waals surface area contributed by atoms with Crippen LogP contribution in [0.4, 0.5) is 0 Å². The minimum Gasteiger partial charge on any atom is -0.550 e. The van der Waals surface area contributed by atoms with Crippen molar-refractivity contribution < 1.29 is 72.6 Å². The molecule has 0 aromatic heterocycles. The molecular formula is C40H76Ni2O8. The molecule has 0 aromatic carbocycles. The van der Waals surface area contributed by atoms with E-state index in [1.807, 2.05) is 0 Å². The molecule has 10 heteroatoms. The molecule has 0 saturated carbocycles. The minimum absolute atomic E-state index is 0. The maximum Gasteiger partial charge on any atom is 2.00 e. The number of carbonyl (C=O) groups excluding carboxylic acids is 4. The summed E-state index contributed by atoms with van der Waals surface area (Å²) in [6, 6.07) is 0. The summed E-state index contributed by atoms with van der Waals surface area (Å²) >= 11 is 0. The van der Waals surface area contributed by atoms with Gasteiger partial charge in [-0.1, -0.05) is 182 Å². The third-order valence-corrected chi connectivity index (χ3v) is 7.94. The number of hydrogen-bond acceptors (Lipinski definition) is 8. The van der Waals surface area contributed by atoms with Gasteiger partial charge in [0.15, 0.2) is 0 Å². The van der Waals surface area contributed by atoms with E-state index < -0.39 is 23.9 Å². The van der Waals surface area contributed by atoms with E-state index in [1.54, 1.807) is 0 Å². The molecule has 0 saturated heterocycles. The Kier molecular flexibility index (Phi) is 69.7. The number of carbonyl (C=O) groups is 4. The molecule has 8 nitrogen and oxygen atoms in total. The molecule has 0 rings (SSSR count). The summed E-state index contributed by atoms with van der Waals surface area (Å²) in [4.78, 5) is 40.1. The first kappa shape index (κ1) is 60.9. The number of carboxylic acids is 4. The van der Waals surface area contributed by atoms with Gasteiger partial charge in [0.1, 0.15) is 0 Å². The molecule has 0 fully saturated rings. The number of carboxylic acid groups (broad SMARTS) is 4. The van der Waals surface area contributed by atoms with Crippen LogP contribution in [0, 0.1) is 0 Å². The van der Waals surface area contributed by atoms with Crippen molar-refractivity contribution in [3.63, 3.8) is 0 Å². The second kappa shape index (κ2) is 57.2. The SMILES string of the molecule is CCCCCCCCCC(=O)[O-].CCCCCCCCCC(=O)[O-].CCCCCCCCCC(=O)[O-].CCCCCCCCCC(=O)[O-].[Ni+2].[Ni+2]. The molecule has 0 aromatic rings. The van der Waals surface area contributed by atoms with E-state index in [-0.39, 0.29) is 58.7 Å². The van der Waals surface area contributed by atoms with Gasteiger partial charge in [0.25, 0.3) is 0 Å². The van der Waals surface area contributed by atoms with Crippen LogP contribution in [0.15, 0.2) is 0 Å². The van der Waals surface area contributed by atoms with Crippen molar-refractivity contribution in [1.82, 2.24) is 0 Å². The summed E-state index contributed by atoms with van der Waals surface area (Å²) in [5, 5.41) is 40.1. The van der Waals surface area contributed by atoms with Crippen molar-refractivity contribution in [3.8, 4) is 0 Å². The van der Waals surface area contributed by atoms with Crippen molar-refractivity contribution in [2.24, 2.45) is 0 Å². The maximum absolute atomic E-state index is 10.0. The largest absolute Gasteiger partial charge is 2.00 e. The predicted molar refractivity (Wildman–Crippen MR) is 190 cm³/mol. The number of hydrogen-bond donors (Lipinski definition) is 0. The molecule has 0 heterocycles. The van der Waals surface area contributed by atoms with Crippen LogP contribution in [0.25, 0.3) is 0 Å². The van der Waals surface area contributed by atoms with E-state index in [0.29, 0.717) is 0 Å². The summed E-state index contributed by atoms with van der Waals surface area (Å²) in [6.07, 6.45) is 33.4. The molecule has 0 amide bonds. The zero-order chi connectivity index (χ0) is 36.9. The quantitative estimate of drug-likeness (QED) is 0.0499. The van der Waals surface area contributed by atoms with Crippen molar-refractivity contribution >= 4 is 23.9 Å². The monoisotopic (exact) mass is 800 g/mol. The third kappa shape index (κ3) is 81.1. The Morgan fingerprint density at radius 1 is 0.260 bits per heavy atom. The fraction of sp³-hybridized carbons (Fsp3) is 0.900. The van der Waals surface area contributed by atoms with Crippen molar-refractivity contribution in [1.29, 1.82) is 0 Å². The number of unbranched alkanes of at least 4 members (excludes halogenated alkanes) is 24. The van der Waals surface area contributed by atoms with Gasteiger partial charge in [-0.15, -0.1) is 0 Å². The Morgan fingerprint density at radius 3 is 0.500 bits per heavy atom. The zero-order valence-corrected chi connectivity index (χ0v) is 34.5. The second-order valence-corrected chi connectivity index (χ2v) is 13.0. The topological polar surface area (TPSA) is 161 Å². The molecule has 0 spiro atoms. The van der Waals surface area contributed by atoms with E-state index in [4.69, 9.17) is 0 Å². The van der Waals surface area contributed by atoms with Gasteiger partial charge in [-0.3, -0.25) is 0 Å². The standard InChI is InChI=1S/4C10H20O2.2Ni/c4*1-2-3-4-5-6-7-8-9-10(11)12;;/h4*2-9H2,1H3,(H,11,12);;/q;;;;2*+2/p-4. The fourth-order valence-corrected chi connectivity index (χ4v) is 4.91. The predicted octanol–water partition coefficient (Wildman–Crippen LogP) is 7.50. The van der Waals surface area contributed by atoms with Gasteiger partial charge in [0.2, 0.25) is 0 Å². The molecule has 304 valence electrons. The second-order valence-electron chi connectivity index (χ2n) is 13.0. The molecule has 0 bridgehead atoms. The Hall–Kier alpha value is -1.13. The maximum atomic E-state index is 10.0. The zero-order valence-electron chi connectivity index (χ0n) is 32.5. The summed E-state index contributed by atoms with van der Waals surface area (Å²) < 4.78 is 0. The van der Waals surface area contributed by atoms with Crippen LogP contribution in [0.2, 0.25) is 0 Å². The van der Waals surface area contributed by atoms with Crippen LogP contribution in [0.5, 0.6) is 0 Å². The van der Waals surface area contributed by atoms with Gasteiger partial charge in [0.05, 0.1) is 0 Å². The summed E-state index contributed by atoms with van der Waals surface area (Å²) in [7, 11) is 0. The first-order valence-corrected chi connectivity index (χ1v) is 19.9. The molecule has 0 aliphatic rings. The Balaban J connectivity index is -0.000000127. The summed E-state index contributed by atoms with van der Waals surface area (Å²) in [5.41, 5.74) is 0. The molecule has 0 unspecified atom stereocenters. The molecule has 50 heavy (non-hydrogen) atoms. The van der Waals surface area contributed by atoms with Crippen LogP contribution in [-0.4, -0.2) is 23.9 Å². The van der Waals surface area contributed by atoms with Gasteiger partial charge < -0.3 is 39.6 Å². The molecule has 0 N–H and O–H groups in total. The average molecular weight is 802 g/mol. The first-order chi connectivity index (χ1) is 23.1. The minimum atomic E-state index is -0.913. The Bertz CT molecular complexity index is 566. The van der Waals surface area contributed by atoms with Crippen LogP contribution in [0.1, 0.15) is 233 Å². The average Bonchev–Trinajstić information content (AvgIpc) is 3.03. The first-order valence-electron chi connectivity index (χ1n) is 19.9. The Morgan fingerprint density at radius 2 is 0.380 bits per heavy atom. The van der Waals surface area contributed by atoms with Crippen LogP contribution >= 0.6 is 0 Å². The van der Waals surface area contributed by atoms with Crippen molar-refractivity contribution in [3.05, 3.63) is 0 Å². The summed E-state index contributed by atoms with van der Waals surface area (Å²) in [5.74, 6) is -3.65. The van der Waals surface area contributed by atoms with Crippen LogP contribution in [-0.2, 0) is 52.2 Å². The van der Waals surface area contributed by atoms with Gasteiger partial charge in [0, 0.05) is 23.9 Å². The number of aliphatic carboxylic acids is 4. The smallest absolute Gasteiger partial charge is 0.550 e. The molecule has 0 aliphatic carbocycles. The van der Waals surface area contributed by atoms with Gasteiger partial charge >= 0.3 is 33.0 Å².